The molecular formula is C20H24F2N4O3. The predicted octanol–water partition coefficient (Wildman–Crippen LogP) is 1.01. The summed E-state index contributed by atoms with van der Waals surface area (Å²) in [7, 11) is 0. The minimum atomic E-state index is -2.52. The van der Waals surface area contributed by atoms with Crippen molar-refractivity contribution in [3.05, 3.63) is 34.9 Å². The average Bonchev–Trinajstić information content (AvgIpc) is 2.99. The van der Waals surface area contributed by atoms with Gasteiger partial charge in [-0.15, -0.1) is 0 Å². The fourth-order valence-corrected chi connectivity index (χ4v) is 4.33. The number of rotatable bonds is 4. The highest BCUT2D eigenvalue weighted by atomic mass is 19.3. The fourth-order valence-electron chi connectivity index (χ4n) is 4.33. The molecule has 3 heterocycles. The van der Waals surface area contributed by atoms with E-state index in [0.29, 0.717) is 38.2 Å². The van der Waals surface area contributed by atoms with Crippen molar-refractivity contribution in [1.82, 2.24) is 15.1 Å². The molecule has 156 valence electrons. The van der Waals surface area contributed by atoms with Gasteiger partial charge in [-0.25, -0.2) is 8.78 Å². The average molecular weight is 406 g/mol. The number of carbonyl (C=O) groups excluding carboxylic acids is 3. The largest absolute Gasteiger partial charge is 0.322 e. The number of benzene rings is 1. The molecule has 2 saturated heterocycles. The van der Waals surface area contributed by atoms with E-state index in [1.165, 1.54) is 4.90 Å². The van der Waals surface area contributed by atoms with Crippen LogP contribution in [0.2, 0.25) is 0 Å². The molecule has 29 heavy (non-hydrogen) atoms. The summed E-state index contributed by atoms with van der Waals surface area (Å²) in [5.41, 5.74) is 6.78. The van der Waals surface area contributed by atoms with Crippen molar-refractivity contribution >= 4 is 17.7 Å². The van der Waals surface area contributed by atoms with Crippen LogP contribution in [0.3, 0.4) is 0 Å². The molecule has 3 aliphatic heterocycles. The highest BCUT2D eigenvalue weighted by Crippen LogP contribution is 2.30. The van der Waals surface area contributed by atoms with Gasteiger partial charge in [0.25, 0.3) is 12.3 Å². The summed E-state index contributed by atoms with van der Waals surface area (Å²) in [6.45, 7) is 1.92. The molecule has 9 heteroatoms. The van der Waals surface area contributed by atoms with Crippen molar-refractivity contribution in [2.24, 2.45) is 5.73 Å². The Kier molecular flexibility index (Phi) is 5.12. The van der Waals surface area contributed by atoms with Crippen LogP contribution in [0.5, 0.6) is 0 Å². The van der Waals surface area contributed by atoms with E-state index >= 15 is 0 Å². The second-order valence-electron chi connectivity index (χ2n) is 8.20. The Bertz CT molecular complexity index is 852. The minimum Gasteiger partial charge on any atom is -0.322 e. The summed E-state index contributed by atoms with van der Waals surface area (Å²) in [6.07, 6.45) is -1.48. The Hall–Kier alpha value is -2.39. The molecule has 0 spiro atoms. The molecule has 0 aliphatic carbocycles. The van der Waals surface area contributed by atoms with E-state index in [-0.39, 0.29) is 31.1 Å². The lowest BCUT2D eigenvalue weighted by Gasteiger charge is -2.38. The lowest BCUT2D eigenvalue weighted by molar-refractivity contribution is -0.136. The molecule has 1 unspecified atom stereocenters. The molecule has 0 bridgehead atoms. The highest BCUT2D eigenvalue weighted by molar-refractivity contribution is 6.05. The number of imide groups is 1. The quantitative estimate of drug-likeness (QED) is 0.728. The summed E-state index contributed by atoms with van der Waals surface area (Å²) in [5, 5.41) is 2.29. The Balaban J connectivity index is 1.42. The van der Waals surface area contributed by atoms with E-state index in [4.69, 9.17) is 5.73 Å². The van der Waals surface area contributed by atoms with E-state index in [1.54, 1.807) is 6.07 Å². The van der Waals surface area contributed by atoms with Gasteiger partial charge >= 0.3 is 0 Å². The molecule has 4 rings (SSSR count). The van der Waals surface area contributed by atoms with Crippen LogP contribution in [0, 0.1) is 0 Å². The summed E-state index contributed by atoms with van der Waals surface area (Å²) in [5.74, 6) is -0.948. The van der Waals surface area contributed by atoms with Gasteiger partial charge < -0.3 is 10.6 Å². The third-order valence-corrected chi connectivity index (χ3v) is 6.22. The molecule has 3 aliphatic rings. The number of halogens is 2. The van der Waals surface area contributed by atoms with Gasteiger partial charge in [-0.05, 0) is 36.5 Å². The predicted molar refractivity (Wildman–Crippen MR) is 99.9 cm³/mol. The van der Waals surface area contributed by atoms with E-state index in [1.807, 2.05) is 12.1 Å². The molecule has 0 aromatic heterocycles. The smallest absolute Gasteiger partial charge is 0.256 e. The van der Waals surface area contributed by atoms with Crippen LogP contribution in [0.1, 0.15) is 47.2 Å². The van der Waals surface area contributed by atoms with E-state index in [0.717, 1.165) is 11.1 Å². The standard InChI is InChI=1S/C20H24F2N4O3/c21-19(22)20(23)5-7-25(8-6-20)10-12-1-2-14-13(9-12)11-26(18(14)29)15-3-4-16(27)24-17(15)28/h1-2,9,15,19H,3-8,10-11,23H2,(H,24,27,28). The van der Waals surface area contributed by atoms with E-state index < -0.39 is 23.9 Å². The summed E-state index contributed by atoms with van der Waals surface area (Å²) < 4.78 is 26.1. The maximum Gasteiger partial charge on any atom is 0.256 e. The lowest BCUT2D eigenvalue weighted by atomic mass is 9.89. The molecule has 0 radical (unpaired) electrons. The van der Waals surface area contributed by atoms with Gasteiger partial charge in [-0.3, -0.25) is 24.6 Å². The summed E-state index contributed by atoms with van der Waals surface area (Å²) >= 11 is 0. The second-order valence-corrected chi connectivity index (χ2v) is 8.20. The zero-order valence-corrected chi connectivity index (χ0v) is 16.0. The molecular weight excluding hydrogens is 382 g/mol. The Morgan fingerprint density at radius 2 is 1.93 bits per heavy atom. The molecule has 7 nitrogen and oxygen atoms in total. The SMILES string of the molecule is NC1(C(F)F)CCN(Cc2ccc3c(c2)CN(C2CCC(=O)NC2=O)C3=O)CC1. The summed E-state index contributed by atoms with van der Waals surface area (Å²) in [6, 6.07) is 4.93. The van der Waals surface area contributed by atoms with Crippen molar-refractivity contribution in [3.8, 4) is 0 Å². The molecule has 3 amide bonds. The maximum absolute atomic E-state index is 13.1. The van der Waals surface area contributed by atoms with Crippen LogP contribution in [0.15, 0.2) is 18.2 Å². The zero-order valence-electron chi connectivity index (χ0n) is 16.0. The number of amides is 3. The van der Waals surface area contributed by atoms with Crippen LogP contribution in [-0.2, 0) is 22.7 Å². The number of hydrogen-bond acceptors (Lipinski definition) is 5. The molecule has 1 atom stereocenters. The van der Waals surface area contributed by atoms with Crippen molar-refractivity contribution in [2.75, 3.05) is 13.1 Å². The Morgan fingerprint density at radius 3 is 2.59 bits per heavy atom. The molecule has 3 N–H and O–H groups in total. The first-order valence-electron chi connectivity index (χ1n) is 9.83. The number of nitrogens with zero attached hydrogens (tertiary/aromatic N) is 2. The number of piperidine rings is 2. The van der Waals surface area contributed by atoms with Gasteiger partial charge in [-0.1, -0.05) is 12.1 Å². The summed E-state index contributed by atoms with van der Waals surface area (Å²) in [4.78, 5) is 39.8. The lowest BCUT2D eigenvalue weighted by Crippen LogP contribution is -2.54. The first-order chi connectivity index (χ1) is 13.8. The monoisotopic (exact) mass is 406 g/mol. The van der Waals surface area contributed by atoms with Gasteiger partial charge in [0.15, 0.2) is 0 Å². The van der Waals surface area contributed by atoms with E-state index in [9.17, 15) is 23.2 Å². The minimum absolute atomic E-state index is 0.205. The number of carbonyl (C=O) groups is 3. The van der Waals surface area contributed by atoms with Crippen LogP contribution in [-0.4, -0.2) is 58.6 Å². The normalized spacial score (nSPS) is 24.8. The first-order valence-corrected chi connectivity index (χ1v) is 9.83. The molecule has 1 aromatic carbocycles. The molecule has 0 saturated carbocycles. The van der Waals surface area contributed by atoms with Crippen molar-refractivity contribution in [1.29, 1.82) is 0 Å². The number of alkyl halides is 2. The third-order valence-electron chi connectivity index (χ3n) is 6.22. The van der Waals surface area contributed by atoms with Crippen LogP contribution in [0.4, 0.5) is 8.78 Å². The van der Waals surface area contributed by atoms with Gasteiger partial charge in [0.05, 0.1) is 5.54 Å². The van der Waals surface area contributed by atoms with Crippen molar-refractivity contribution < 1.29 is 23.2 Å². The number of nitrogens with two attached hydrogens (primary N) is 1. The molecule has 2 fully saturated rings. The first kappa shape index (κ1) is 19.9. The Labute approximate surface area is 167 Å². The van der Waals surface area contributed by atoms with Crippen LogP contribution >= 0.6 is 0 Å². The topological polar surface area (TPSA) is 95.7 Å². The van der Waals surface area contributed by atoms with Crippen molar-refractivity contribution in [3.63, 3.8) is 0 Å². The number of hydrogen-bond donors (Lipinski definition) is 2. The van der Waals surface area contributed by atoms with Crippen LogP contribution in [0.25, 0.3) is 0 Å². The molecule has 1 aromatic rings. The Morgan fingerprint density at radius 1 is 1.21 bits per heavy atom. The number of nitrogens with one attached hydrogen (secondary N) is 1. The number of fused-ring (bicyclic) bond motifs is 1. The van der Waals surface area contributed by atoms with Gasteiger partial charge in [0, 0.05) is 38.2 Å². The fraction of sp³-hybridized carbons (Fsp3) is 0.550. The second kappa shape index (κ2) is 7.46. The van der Waals surface area contributed by atoms with Gasteiger partial charge in [-0.2, -0.15) is 0 Å². The van der Waals surface area contributed by atoms with Crippen LogP contribution < -0.4 is 11.1 Å². The third kappa shape index (κ3) is 3.76. The highest BCUT2D eigenvalue weighted by Gasteiger charge is 2.40. The van der Waals surface area contributed by atoms with E-state index in [2.05, 4.69) is 10.2 Å². The van der Waals surface area contributed by atoms with Gasteiger partial charge in [0.1, 0.15) is 6.04 Å². The maximum atomic E-state index is 13.1. The zero-order chi connectivity index (χ0) is 20.8. The van der Waals surface area contributed by atoms with Gasteiger partial charge in [0.2, 0.25) is 11.8 Å². The number of likely N-dealkylation sites (tertiary alicyclic amines) is 1. The van der Waals surface area contributed by atoms with Crippen molar-refractivity contribution in [2.45, 2.75) is 56.8 Å².